The van der Waals surface area contributed by atoms with Gasteiger partial charge in [-0.2, -0.15) is 5.10 Å². The Hall–Kier alpha value is -4.01. The molecule has 0 spiro atoms. The van der Waals surface area contributed by atoms with Crippen LogP contribution >= 0.6 is 0 Å². The Kier molecular flexibility index (Phi) is 4.78. The number of carbonyl (C=O) groups excluding carboxylic acids is 1. The number of anilines is 1. The summed E-state index contributed by atoms with van der Waals surface area (Å²) in [5, 5.41) is 7.48. The Bertz CT molecular complexity index is 1230. The summed E-state index contributed by atoms with van der Waals surface area (Å²) in [5.74, 6) is 0.125. The quantitative estimate of drug-likeness (QED) is 0.541. The van der Waals surface area contributed by atoms with Crippen LogP contribution < -0.4 is 15.6 Å². The van der Waals surface area contributed by atoms with Gasteiger partial charge in [0.25, 0.3) is 11.5 Å². The lowest BCUT2D eigenvalue weighted by Gasteiger charge is -2.12. The van der Waals surface area contributed by atoms with E-state index in [-0.39, 0.29) is 17.6 Å². The van der Waals surface area contributed by atoms with Crippen molar-refractivity contribution in [1.29, 1.82) is 0 Å². The maximum atomic E-state index is 12.7. The van der Waals surface area contributed by atoms with Crippen LogP contribution in [0.2, 0.25) is 0 Å². The number of rotatable bonds is 5. The molecule has 0 bridgehead atoms. The molecule has 1 amide bonds. The molecule has 0 unspecified atom stereocenters. The summed E-state index contributed by atoms with van der Waals surface area (Å²) in [7, 11) is 0. The van der Waals surface area contributed by atoms with Crippen LogP contribution in [0.5, 0.6) is 5.88 Å². The van der Waals surface area contributed by atoms with Crippen molar-refractivity contribution in [3.05, 3.63) is 71.0 Å². The third-order valence-electron chi connectivity index (χ3n) is 4.11. The zero-order valence-corrected chi connectivity index (χ0v) is 15.8. The monoisotopic (exact) mass is 390 g/mol. The molecule has 2 N–H and O–H groups in total. The molecule has 0 aliphatic heterocycles. The highest BCUT2D eigenvalue weighted by molar-refractivity contribution is 6.05. The summed E-state index contributed by atoms with van der Waals surface area (Å²) >= 11 is 0. The third-order valence-corrected chi connectivity index (χ3v) is 4.11. The van der Waals surface area contributed by atoms with Crippen LogP contribution in [0.4, 0.5) is 5.69 Å². The molecule has 0 aliphatic carbocycles. The number of hydrogen-bond donors (Lipinski definition) is 2. The van der Waals surface area contributed by atoms with Crippen LogP contribution in [-0.2, 0) is 0 Å². The van der Waals surface area contributed by atoms with Crippen LogP contribution in [0, 0.1) is 0 Å². The van der Waals surface area contributed by atoms with E-state index in [1.54, 1.807) is 30.3 Å². The van der Waals surface area contributed by atoms with E-state index in [0.717, 1.165) is 0 Å². The summed E-state index contributed by atoms with van der Waals surface area (Å²) in [6, 6.07) is 10.4. The number of nitrogens with one attached hydrogen (secondary N) is 2. The van der Waals surface area contributed by atoms with Gasteiger partial charge >= 0.3 is 0 Å². The molecule has 9 nitrogen and oxygen atoms in total. The topological polar surface area (TPSA) is 115 Å². The minimum atomic E-state index is -0.330. The zero-order chi connectivity index (χ0) is 20.4. The first-order valence-electron chi connectivity index (χ1n) is 8.98. The van der Waals surface area contributed by atoms with Crippen LogP contribution in [0.25, 0.3) is 16.7 Å². The molecule has 146 valence electrons. The fourth-order valence-corrected chi connectivity index (χ4v) is 2.82. The van der Waals surface area contributed by atoms with E-state index in [9.17, 15) is 9.59 Å². The number of fused-ring (bicyclic) bond motifs is 1. The summed E-state index contributed by atoms with van der Waals surface area (Å²) in [5.41, 5.74) is 1.61. The van der Waals surface area contributed by atoms with Crippen molar-refractivity contribution in [1.82, 2.24) is 24.7 Å². The van der Waals surface area contributed by atoms with E-state index in [1.165, 1.54) is 23.4 Å². The molecular formula is C20H18N6O3. The summed E-state index contributed by atoms with van der Waals surface area (Å²) in [6.45, 7) is 3.81. The molecular weight excluding hydrogens is 372 g/mol. The van der Waals surface area contributed by atoms with E-state index in [2.05, 4.69) is 25.4 Å². The Labute approximate surface area is 165 Å². The minimum absolute atomic E-state index is 0.00112. The second-order valence-electron chi connectivity index (χ2n) is 6.55. The molecule has 4 aromatic rings. The van der Waals surface area contributed by atoms with Crippen molar-refractivity contribution >= 4 is 22.6 Å². The van der Waals surface area contributed by atoms with Gasteiger partial charge in [-0.05, 0) is 32.0 Å². The Morgan fingerprint density at radius 2 is 1.97 bits per heavy atom. The molecule has 0 fully saturated rings. The number of H-pyrrole nitrogens is 1. The molecule has 9 heteroatoms. The van der Waals surface area contributed by atoms with Crippen LogP contribution in [0.3, 0.4) is 0 Å². The van der Waals surface area contributed by atoms with Crippen LogP contribution in [0.15, 0.2) is 59.9 Å². The maximum absolute atomic E-state index is 12.7. The molecule has 29 heavy (non-hydrogen) atoms. The molecule has 3 aromatic heterocycles. The average molecular weight is 390 g/mol. The van der Waals surface area contributed by atoms with Gasteiger partial charge in [-0.25, -0.2) is 14.6 Å². The molecule has 0 saturated carbocycles. The SMILES string of the molecule is CC(C)Oc1ccc(C(=O)Nc2ccccc2-n2ncc3c(=O)[nH]cnc32)cn1. The number of para-hydroxylation sites is 2. The lowest BCUT2D eigenvalue weighted by atomic mass is 10.2. The van der Waals surface area contributed by atoms with Gasteiger partial charge in [0.2, 0.25) is 5.88 Å². The fourth-order valence-electron chi connectivity index (χ4n) is 2.82. The molecule has 1 aromatic carbocycles. The predicted octanol–water partition coefficient (Wildman–Crippen LogP) is 2.54. The van der Waals surface area contributed by atoms with Crippen LogP contribution in [-0.4, -0.2) is 36.7 Å². The lowest BCUT2D eigenvalue weighted by Crippen LogP contribution is -2.15. The number of nitrogens with zero attached hydrogens (tertiary/aromatic N) is 4. The van der Waals surface area contributed by atoms with Crippen molar-refractivity contribution in [2.24, 2.45) is 0 Å². The van der Waals surface area contributed by atoms with Crippen molar-refractivity contribution in [3.63, 3.8) is 0 Å². The van der Waals surface area contributed by atoms with Gasteiger partial charge in [0.05, 0.1) is 35.6 Å². The highest BCUT2D eigenvalue weighted by Crippen LogP contribution is 2.23. The Morgan fingerprint density at radius 1 is 1.14 bits per heavy atom. The molecule has 0 atom stereocenters. The average Bonchev–Trinajstić information content (AvgIpc) is 3.14. The van der Waals surface area contributed by atoms with Crippen molar-refractivity contribution < 1.29 is 9.53 Å². The normalized spacial score (nSPS) is 11.0. The summed E-state index contributed by atoms with van der Waals surface area (Å²) < 4.78 is 7.01. The van der Waals surface area contributed by atoms with E-state index >= 15 is 0 Å². The molecule has 0 aliphatic rings. The second kappa shape index (κ2) is 7.55. The Morgan fingerprint density at radius 3 is 2.72 bits per heavy atom. The predicted molar refractivity (Wildman–Crippen MR) is 107 cm³/mol. The number of amides is 1. The molecule has 4 rings (SSSR count). The molecule has 3 heterocycles. The van der Waals surface area contributed by atoms with E-state index in [1.807, 2.05) is 19.9 Å². The van der Waals surface area contributed by atoms with Gasteiger partial charge in [0, 0.05) is 12.3 Å². The summed E-state index contributed by atoms with van der Waals surface area (Å²) in [4.78, 5) is 35.5. The van der Waals surface area contributed by atoms with E-state index in [0.29, 0.717) is 33.9 Å². The number of ether oxygens (including phenoxy) is 1. The first-order chi connectivity index (χ1) is 14.0. The number of carbonyl (C=O) groups is 1. The van der Waals surface area contributed by atoms with Gasteiger partial charge in [0.15, 0.2) is 5.65 Å². The number of aromatic amines is 1. The number of pyridine rings is 1. The van der Waals surface area contributed by atoms with Gasteiger partial charge in [-0.15, -0.1) is 0 Å². The maximum Gasteiger partial charge on any atom is 0.261 e. The Balaban J connectivity index is 1.64. The van der Waals surface area contributed by atoms with Gasteiger partial charge in [-0.3, -0.25) is 9.59 Å². The molecule has 0 saturated heterocycles. The standard InChI is InChI=1S/C20H18N6O3/c1-12(2)29-17-8-7-13(9-21-17)19(27)25-15-5-3-4-6-16(15)26-18-14(10-24-26)20(28)23-11-22-18/h3-12H,1-2H3,(H,25,27)(H,22,23,28). The van der Waals surface area contributed by atoms with Crippen molar-refractivity contribution in [2.45, 2.75) is 20.0 Å². The first-order valence-corrected chi connectivity index (χ1v) is 8.98. The largest absolute Gasteiger partial charge is 0.475 e. The van der Waals surface area contributed by atoms with Gasteiger partial charge in [0.1, 0.15) is 5.39 Å². The fraction of sp³-hybridized carbons (Fsp3) is 0.150. The van der Waals surface area contributed by atoms with Gasteiger partial charge in [-0.1, -0.05) is 12.1 Å². The smallest absolute Gasteiger partial charge is 0.261 e. The highest BCUT2D eigenvalue weighted by Gasteiger charge is 2.15. The number of benzene rings is 1. The molecule has 0 radical (unpaired) electrons. The van der Waals surface area contributed by atoms with E-state index in [4.69, 9.17) is 4.74 Å². The zero-order valence-electron chi connectivity index (χ0n) is 15.8. The van der Waals surface area contributed by atoms with Crippen LogP contribution in [0.1, 0.15) is 24.2 Å². The third kappa shape index (κ3) is 3.70. The first kappa shape index (κ1) is 18.4. The van der Waals surface area contributed by atoms with Gasteiger partial charge < -0.3 is 15.0 Å². The minimum Gasteiger partial charge on any atom is -0.475 e. The number of hydrogen-bond acceptors (Lipinski definition) is 6. The van der Waals surface area contributed by atoms with Crippen molar-refractivity contribution in [2.75, 3.05) is 5.32 Å². The van der Waals surface area contributed by atoms with E-state index < -0.39 is 0 Å². The highest BCUT2D eigenvalue weighted by atomic mass is 16.5. The lowest BCUT2D eigenvalue weighted by molar-refractivity contribution is 0.102. The van der Waals surface area contributed by atoms with Crippen molar-refractivity contribution in [3.8, 4) is 11.6 Å². The second-order valence-corrected chi connectivity index (χ2v) is 6.55. The number of aromatic nitrogens is 5. The summed E-state index contributed by atoms with van der Waals surface area (Å²) in [6.07, 6.45) is 4.21.